The minimum absolute atomic E-state index is 0.0384. The van der Waals surface area contributed by atoms with Crippen molar-refractivity contribution in [2.45, 2.75) is 33.1 Å². The zero-order chi connectivity index (χ0) is 13.1. The topological polar surface area (TPSA) is 46.5 Å². The Morgan fingerprint density at radius 3 is 2.24 bits per heavy atom. The van der Waals surface area contributed by atoms with Gasteiger partial charge in [-0.25, -0.2) is 0 Å². The van der Waals surface area contributed by atoms with Crippen molar-refractivity contribution in [2.75, 3.05) is 7.11 Å². The van der Waals surface area contributed by atoms with Gasteiger partial charge in [0.1, 0.15) is 5.75 Å². The van der Waals surface area contributed by atoms with Crippen LogP contribution in [-0.4, -0.2) is 18.2 Å². The van der Waals surface area contributed by atoms with E-state index in [0.717, 1.165) is 5.56 Å². The number of carbonyl (C=O) groups excluding carboxylic acids is 1. The highest BCUT2D eigenvalue weighted by molar-refractivity contribution is 5.78. The van der Waals surface area contributed by atoms with E-state index in [2.05, 4.69) is 20.8 Å². The average molecular weight is 236 g/mol. The molecule has 0 radical (unpaired) electrons. The van der Waals surface area contributed by atoms with Gasteiger partial charge in [-0.1, -0.05) is 32.9 Å². The normalized spacial score (nSPS) is 13.2. The van der Waals surface area contributed by atoms with Gasteiger partial charge in [-0.15, -0.1) is 0 Å². The molecule has 0 spiro atoms. The quantitative estimate of drug-likeness (QED) is 0.820. The summed E-state index contributed by atoms with van der Waals surface area (Å²) in [5.41, 5.74) is 0.918. The van der Waals surface area contributed by atoms with Crippen LogP contribution in [0.1, 0.15) is 38.7 Å². The van der Waals surface area contributed by atoms with Crippen molar-refractivity contribution >= 4 is 5.97 Å². The molecule has 0 saturated carbocycles. The van der Waals surface area contributed by atoms with Gasteiger partial charge in [0.15, 0.2) is 0 Å². The Morgan fingerprint density at radius 1 is 1.29 bits per heavy atom. The summed E-state index contributed by atoms with van der Waals surface area (Å²) in [7, 11) is 1.40. The van der Waals surface area contributed by atoms with Crippen LogP contribution in [0, 0.1) is 5.41 Å². The van der Waals surface area contributed by atoms with Crippen LogP contribution in [-0.2, 0) is 9.53 Å². The van der Waals surface area contributed by atoms with Crippen LogP contribution in [0.2, 0.25) is 0 Å². The third-order valence-electron chi connectivity index (χ3n) is 2.60. The van der Waals surface area contributed by atoms with Gasteiger partial charge in [-0.05, 0) is 29.5 Å². The van der Waals surface area contributed by atoms with Crippen molar-refractivity contribution in [3.05, 3.63) is 29.8 Å². The van der Waals surface area contributed by atoms with Crippen LogP contribution >= 0.6 is 0 Å². The third kappa shape index (κ3) is 4.10. The van der Waals surface area contributed by atoms with Gasteiger partial charge in [0, 0.05) is 0 Å². The standard InChI is InChI=1S/C14H20O3/c1-14(2,3)9-12(13(16)17-4)10-5-7-11(15)8-6-10/h5-8,12,15H,9H2,1-4H3. The molecule has 17 heavy (non-hydrogen) atoms. The van der Waals surface area contributed by atoms with Crippen molar-refractivity contribution in [2.24, 2.45) is 5.41 Å². The van der Waals surface area contributed by atoms with Gasteiger partial charge in [0.05, 0.1) is 13.0 Å². The molecule has 3 heteroatoms. The highest BCUT2D eigenvalue weighted by Gasteiger charge is 2.27. The summed E-state index contributed by atoms with van der Waals surface area (Å²) in [5, 5.41) is 9.25. The Balaban J connectivity index is 2.98. The van der Waals surface area contributed by atoms with Gasteiger partial charge in [0.2, 0.25) is 0 Å². The summed E-state index contributed by atoms with van der Waals surface area (Å²) in [6, 6.07) is 6.72. The number of phenolic OH excluding ortho intramolecular Hbond substituents is 1. The average Bonchev–Trinajstić information content (AvgIpc) is 2.25. The van der Waals surface area contributed by atoms with Gasteiger partial charge in [-0.3, -0.25) is 4.79 Å². The van der Waals surface area contributed by atoms with E-state index >= 15 is 0 Å². The zero-order valence-corrected chi connectivity index (χ0v) is 10.9. The molecule has 0 heterocycles. The first kappa shape index (κ1) is 13.6. The monoisotopic (exact) mass is 236 g/mol. The molecular formula is C14H20O3. The molecule has 0 amide bonds. The Morgan fingerprint density at radius 2 is 1.82 bits per heavy atom. The van der Waals surface area contributed by atoms with Gasteiger partial charge >= 0.3 is 5.97 Å². The van der Waals surface area contributed by atoms with Gasteiger partial charge in [0.25, 0.3) is 0 Å². The Hall–Kier alpha value is -1.51. The van der Waals surface area contributed by atoms with E-state index in [1.807, 2.05) is 0 Å². The fraction of sp³-hybridized carbons (Fsp3) is 0.500. The van der Waals surface area contributed by atoms with Gasteiger partial charge < -0.3 is 9.84 Å². The Labute approximate surface area is 102 Å². The second-order valence-corrected chi connectivity index (χ2v) is 5.43. The summed E-state index contributed by atoms with van der Waals surface area (Å²) >= 11 is 0. The Bertz CT molecular complexity index is 373. The largest absolute Gasteiger partial charge is 0.508 e. The van der Waals surface area contributed by atoms with E-state index in [0.29, 0.717) is 6.42 Å². The maximum Gasteiger partial charge on any atom is 0.313 e. The second kappa shape index (κ2) is 5.21. The van der Waals surface area contributed by atoms with E-state index < -0.39 is 0 Å². The number of ether oxygens (including phenoxy) is 1. The van der Waals surface area contributed by atoms with Crippen LogP contribution < -0.4 is 0 Å². The fourth-order valence-corrected chi connectivity index (χ4v) is 1.80. The fourth-order valence-electron chi connectivity index (χ4n) is 1.80. The Kier molecular flexibility index (Phi) is 4.16. The molecule has 0 aliphatic carbocycles. The summed E-state index contributed by atoms with van der Waals surface area (Å²) in [5.74, 6) is -0.306. The maximum atomic E-state index is 11.8. The number of aromatic hydroxyl groups is 1. The first-order chi connectivity index (χ1) is 7.83. The molecule has 1 unspecified atom stereocenters. The maximum absolute atomic E-state index is 11.8. The summed E-state index contributed by atoms with van der Waals surface area (Å²) < 4.78 is 4.84. The minimum Gasteiger partial charge on any atom is -0.508 e. The second-order valence-electron chi connectivity index (χ2n) is 5.43. The number of phenols is 1. The lowest BCUT2D eigenvalue weighted by Crippen LogP contribution is -2.20. The van der Waals surface area contributed by atoms with Crippen LogP contribution in [0.4, 0.5) is 0 Å². The first-order valence-electron chi connectivity index (χ1n) is 5.70. The number of hydrogen-bond donors (Lipinski definition) is 1. The van der Waals surface area contributed by atoms with Gasteiger partial charge in [-0.2, -0.15) is 0 Å². The molecule has 3 nitrogen and oxygen atoms in total. The molecule has 0 bridgehead atoms. The lowest BCUT2D eigenvalue weighted by molar-refractivity contribution is -0.143. The van der Waals surface area contributed by atoms with Crippen LogP contribution in [0.25, 0.3) is 0 Å². The molecule has 1 aromatic carbocycles. The lowest BCUT2D eigenvalue weighted by Gasteiger charge is -2.24. The van der Waals surface area contributed by atoms with E-state index in [-0.39, 0.29) is 23.1 Å². The van der Waals surface area contributed by atoms with Crippen molar-refractivity contribution < 1.29 is 14.6 Å². The van der Waals surface area contributed by atoms with Crippen molar-refractivity contribution in [1.29, 1.82) is 0 Å². The molecule has 0 aromatic heterocycles. The molecule has 0 aliphatic heterocycles. The van der Waals surface area contributed by atoms with Crippen LogP contribution in [0.5, 0.6) is 5.75 Å². The zero-order valence-electron chi connectivity index (χ0n) is 10.9. The molecule has 1 aromatic rings. The van der Waals surface area contributed by atoms with Crippen LogP contribution in [0.15, 0.2) is 24.3 Å². The number of rotatable bonds is 3. The highest BCUT2D eigenvalue weighted by atomic mass is 16.5. The lowest BCUT2D eigenvalue weighted by atomic mass is 9.81. The smallest absolute Gasteiger partial charge is 0.313 e. The van der Waals surface area contributed by atoms with Crippen molar-refractivity contribution in [3.63, 3.8) is 0 Å². The molecular weight excluding hydrogens is 216 g/mol. The van der Waals surface area contributed by atoms with E-state index in [4.69, 9.17) is 4.74 Å². The van der Waals surface area contributed by atoms with Crippen molar-refractivity contribution in [1.82, 2.24) is 0 Å². The SMILES string of the molecule is COC(=O)C(CC(C)(C)C)c1ccc(O)cc1. The van der Waals surface area contributed by atoms with E-state index in [9.17, 15) is 9.90 Å². The van der Waals surface area contributed by atoms with E-state index in [1.165, 1.54) is 7.11 Å². The summed E-state index contributed by atoms with van der Waals surface area (Å²) in [4.78, 5) is 11.8. The predicted molar refractivity (Wildman–Crippen MR) is 66.9 cm³/mol. The third-order valence-corrected chi connectivity index (χ3v) is 2.60. The molecule has 0 aliphatic rings. The highest BCUT2D eigenvalue weighted by Crippen LogP contribution is 2.32. The summed E-state index contributed by atoms with van der Waals surface area (Å²) in [6.45, 7) is 6.26. The number of hydrogen-bond acceptors (Lipinski definition) is 3. The molecule has 1 rings (SSSR count). The molecule has 94 valence electrons. The number of methoxy groups -OCH3 is 1. The number of esters is 1. The van der Waals surface area contributed by atoms with E-state index in [1.54, 1.807) is 24.3 Å². The first-order valence-corrected chi connectivity index (χ1v) is 5.70. The molecule has 1 atom stereocenters. The van der Waals surface area contributed by atoms with Crippen molar-refractivity contribution in [3.8, 4) is 5.75 Å². The minimum atomic E-state index is -0.277. The molecule has 1 N–H and O–H groups in total. The number of carbonyl (C=O) groups is 1. The van der Waals surface area contributed by atoms with Crippen LogP contribution in [0.3, 0.4) is 0 Å². The summed E-state index contributed by atoms with van der Waals surface area (Å²) in [6.07, 6.45) is 0.713. The predicted octanol–water partition coefficient (Wildman–Crippen LogP) is 3.09. The molecule has 0 fully saturated rings. The number of benzene rings is 1. The molecule has 0 saturated heterocycles.